The van der Waals surface area contributed by atoms with E-state index in [4.69, 9.17) is 5.26 Å². The van der Waals surface area contributed by atoms with Crippen LogP contribution < -0.4 is 0 Å². The molecule has 1 aliphatic rings. The number of hydrogen-bond donors (Lipinski definition) is 1. The molecule has 0 atom stereocenters. The summed E-state index contributed by atoms with van der Waals surface area (Å²) in [5.41, 5.74) is 0. The molecule has 1 heterocycles. The first-order valence-electron chi connectivity index (χ1n) is 2.00. The van der Waals surface area contributed by atoms with Gasteiger partial charge in [0.15, 0.2) is 5.76 Å². The van der Waals surface area contributed by atoms with E-state index in [2.05, 4.69) is 9.62 Å². The van der Waals surface area contributed by atoms with Crippen LogP contribution in [-0.4, -0.2) is 11.2 Å². The summed E-state index contributed by atoms with van der Waals surface area (Å²) in [7, 11) is 0. The van der Waals surface area contributed by atoms with Gasteiger partial charge in [-0.15, -0.1) is 0 Å². The topological polar surface area (TPSA) is 59.1 Å². The molecular formula is C4H4O4. The van der Waals surface area contributed by atoms with E-state index in [0.29, 0.717) is 5.76 Å². The van der Waals surface area contributed by atoms with Crippen LogP contribution in [-0.2, 0) is 14.4 Å². The molecule has 44 valence electrons. The third kappa shape index (κ3) is 0.651. The molecule has 0 radical (unpaired) electrons. The summed E-state index contributed by atoms with van der Waals surface area (Å²) in [6, 6.07) is 0. The number of carbonyl (C=O) groups is 1. The third-order valence-corrected chi connectivity index (χ3v) is 0.802. The molecule has 4 nitrogen and oxygen atoms in total. The minimum absolute atomic E-state index is 0.104. The lowest BCUT2D eigenvalue weighted by Crippen LogP contribution is -1.96. The molecular weight excluding hydrogens is 112 g/mol. The van der Waals surface area contributed by atoms with Crippen molar-refractivity contribution in [2.75, 3.05) is 0 Å². The minimum Gasteiger partial charge on any atom is -0.447 e. The summed E-state index contributed by atoms with van der Waals surface area (Å²) in [4.78, 5) is 13.5. The molecule has 0 saturated heterocycles. The summed E-state index contributed by atoms with van der Waals surface area (Å²) in [5, 5.41) is 7.70. The molecule has 0 aromatic heterocycles. The highest BCUT2D eigenvalue weighted by Gasteiger charge is 2.29. The van der Waals surface area contributed by atoms with Crippen molar-refractivity contribution in [1.82, 2.24) is 0 Å². The van der Waals surface area contributed by atoms with E-state index in [-0.39, 0.29) is 5.76 Å². The van der Waals surface area contributed by atoms with Gasteiger partial charge in [0.25, 0.3) is 5.76 Å². The summed E-state index contributed by atoms with van der Waals surface area (Å²) in [5.74, 6) is -0.223. The van der Waals surface area contributed by atoms with Gasteiger partial charge in [-0.3, -0.25) is 4.89 Å². The summed E-state index contributed by atoms with van der Waals surface area (Å²) < 4.78 is 4.47. The van der Waals surface area contributed by atoms with E-state index < -0.39 is 5.97 Å². The van der Waals surface area contributed by atoms with Crippen molar-refractivity contribution in [3.63, 3.8) is 0 Å². The Balaban J connectivity index is 2.51. The van der Waals surface area contributed by atoms with Crippen LogP contribution in [0.1, 0.15) is 6.92 Å². The van der Waals surface area contributed by atoms with Crippen LogP contribution in [0.4, 0.5) is 0 Å². The van der Waals surface area contributed by atoms with E-state index in [1.807, 2.05) is 0 Å². The van der Waals surface area contributed by atoms with Gasteiger partial charge in [0.1, 0.15) is 0 Å². The smallest absolute Gasteiger partial charge is 0.411 e. The normalized spacial score (nSPS) is 15.2. The number of rotatable bonds is 1. The van der Waals surface area contributed by atoms with Gasteiger partial charge in [0, 0.05) is 0 Å². The SMILES string of the molecule is CC1=C(C(=O)OO)O1. The average molecular weight is 116 g/mol. The molecule has 0 bridgehead atoms. The maximum Gasteiger partial charge on any atom is 0.411 e. The molecule has 0 amide bonds. The van der Waals surface area contributed by atoms with Gasteiger partial charge in [-0.2, -0.15) is 5.26 Å². The number of hydrogen-bond acceptors (Lipinski definition) is 4. The third-order valence-electron chi connectivity index (χ3n) is 0.802. The lowest BCUT2D eigenvalue weighted by Gasteiger charge is -1.80. The standard InChI is InChI=1S/C4H4O4/c1-2-3(7-2)4(5)8-6/h6H,1H3. The van der Waals surface area contributed by atoms with Crippen LogP contribution in [0.2, 0.25) is 0 Å². The van der Waals surface area contributed by atoms with Crippen LogP contribution >= 0.6 is 0 Å². The van der Waals surface area contributed by atoms with Gasteiger partial charge in [0.2, 0.25) is 0 Å². The Morgan fingerprint density at radius 1 is 1.88 bits per heavy atom. The molecule has 1 rings (SSSR count). The zero-order chi connectivity index (χ0) is 6.15. The van der Waals surface area contributed by atoms with Crippen molar-refractivity contribution >= 4 is 5.97 Å². The quantitative estimate of drug-likeness (QED) is 0.394. The van der Waals surface area contributed by atoms with Crippen molar-refractivity contribution in [1.29, 1.82) is 0 Å². The maximum atomic E-state index is 10.1. The second-order valence-electron chi connectivity index (χ2n) is 1.37. The molecule has 4 heteroatoms. The predicted molar refractivity (Wildman–Crippen MR) is 22.5 cm³/mol. The van der Waals surface area contributed by atoms with Crippen molar-refractivity contribution in [2.45, 2.75) is 6.92 Å². The highest BCUT2D eigenvalue weighted by molar-refractivity contribution is 5.89. The fourth-order valence-corrected chi connectivity index (χ4v) is 0.354. The zero-order valence-corrected chi connectivity index (χ0v) is 4.17. The van der Waals surface area contributed by atoms with E-state index in [1.54, 1.807) is 6.92 Å². The summed E-state index contributed by atoms with van der Waals surface area (Å²) in [6.07, 6.45) is 0. The highest BCUT2D eigenvalue weighted by atomic mass is 17.1. The van der Waals surface area contributed by atoms with E-state index in [1.165, 1.54) is 0 Å². The van der Waals surface area contributed by atoms with Gasteiger partial charge in [0.05, 0.1) is 0 Å². The van der Waals surface area contributed by atoms with Crippen molar-refractivity contribution in [2.24, 2.45) is 0 Å². The molecule has 1 aliphatic heterocycles. The van der Waals surface area contributed by atoms with E-state index in [9.17, 15) is 4.79 Å². The number of allylic oxidation sites excluding steroid dienone is 1. The molecule has 0 aromatic carbocycles. The maximum absolute atomic E-state index is 10.1. The van der Waals surface area contributed by atoms with Gasteiger partial charge < -0.3 is 4.74 Å². The summed E-state index contributed by atoms with van der Waals surface area (Å²) in [6.45, 7) is 1.60. The Morgan fingerprint density at radius 2 is 2.38 bits per heavy atom. The zero-order valence-electron chi connectivity index (χ0n) is 4.17. The van der Waals surface area contributed by atoms with Crippen LogP contribution in [0.5, 0.6) is 0 Å². The molecule has 0 fully saturated rings. The van der Waals surface area contributed by atoms with Gasteiger partial charge in [-0.1, -0.05) is 0 Å². The van der Waals surface area contributed by atoms with Crippen LogP contribution in [0, 0.1) is 0 Å². The molecule has 0 aliphatic carbocycles. The van der Waals surface area contributed by atoms with E-state index >= 15 is 0 Å². The fourth-order valence-electron chi connectivity index (χ4n) is 0.354. The summed E-state index contributed by atoms with van der Waals surface area (Å²) >= 11 is 0. The van der Waals surface area contributed by atoms with Crippen LogP contribution in [0.3, 0.4) is 0 Å². The highest BCUT2D eigenvalue weighted by Crippen LogP contribution is 2.25. The molecule has 8 heavy (non-hydrogen) atoms. The molecule has 0 unspecified atom stereocenters. The second kappa shape index (κ2) is 1.48. The Bertz CT molecular complexity index is 157. The first-order chi connectivity index (χ1) is 3.75. The number of ether oxygens (including phenoxy) is 1. The fraction of sp³-hybridized carbons (Fsp3) is 0.250. The average Bonchev–Trinajstić information content (AvgIpc) is 2.45. The largest absolute Gasteiger partial charge is 0.447 e. The first kappa shape index (κ1) is 5.11. The molecule has 0 aromatic rings. The Hall–Kier alpha value is -1.03. The molecule has 0 saturated carbocycles. The lowest BCUT2D eigenvalue weighted by molar-refractivity contribution is -0.230. The minimum atomic E-state index is -0.831. The Labute approximate surface area is 45.3 Å². The molecule has 0 spiro atoms. The van der Waals surface area contributed by atoms with Crippen LogP contribution in [0.15, 0.2) is 11.5 Å². The predicted octanol–water partition coefficient (Wildman–Crippen LogP) is 0.264. The van der Waals surface area contributed by atoms with Gasteiger partial charge >= 0.3 is 5.97 Å². The number of carbonyl (C=O) groups excluding carboxylic acids is 1. The second-order valence-corrected chi connectivity index (χ2v) is 1.37. The van der Waals surface area contributed by atoms with E-state index in [0.717, 1.165) is 0 Å². The van der Waals surface area contributed by atoms with Gasteiger partial charge in [-0.25, -0.2) is 4.79 Å². The van der Waals surface area contributed by atoms with Gasteiger partial charge in [-0.05, 0) is 6.92 Å². The lowest BCUT2D eigenvalue weighted by atomic mass is 10.5. The monoisotopic (exact) mass is 116 g/mol. The Morgan fingerprint density at radius 3 is 2.50 bits per heavy atom. The first-order valence-corrected chi connectivity index (χ1v) is 2.00. The van der Waals surface area contributed by atoms with Crippen molar-refractivity contribution < 1.29 is 19.7 Å². The molecule has 1 N–H and O–H groups in total. The van der Waals surface area contributed by atoms with Crippen molar-refractivity contribution in [3.05, 3.63) is 11.5 Å². The Kier molecular flexibility index (Phi) is 0.948. The van der Waals surface area contributed by atoms with Crippen LogP contribution in [0.25, 0.3) is 0 Å². The van der Waals surface area contributed by atoms with Crippen molar-refractivity contribution in [3.8, 4) is 0 Å².